The van der Waals surface area contributed by atoms with Gasteiger partial charge >= 0.3 is 5.97 Å². The number of rotatable bonds is 5. The Labute approximate surface area is 116 Å². The molecule has 0 spiro atoms. The van der Waals surface area contributed by atoms with E-state index in [0.717, 1.165) is 17.7 Å². The van der Waals surface area contributed by atoms with Gasteiger partial charge in [-0.2, -0.15) is 0 Å². The van der Waals surface area contributed by atoms with Crippen LogP contribution in [0.15, 0.2) is 24.3 Å². The van der Waals surface area contributed by atoms with Gasteiger partial charge in [-0.25, -0.2) is 9.78 Å². The summed E-state index contributed by atoms with van der Waals surface area (Å²) < 4.78 is 0. The third kappa shape index (κ3) is 3.12. The third-order valence-electron chi connectivity index (χ3n) is 2.77. The molecule has 19 heavy (non-hydrogen) atoms. The maximum Gasteiger partial charge on any atom is 0.347 e. The number of hydrogen-bond donors (Lipinski definition) is 2. The fourth-order valence-electron chi connectivity index (χ4n) is 1.81. The lowest BCUT2D eigenvalue weighted by molar-refractivity contribution is 0.0700. The Hall–Kier alpha value is -1.88. The number of aromatic nitrogens is 1. The van der Waals surface area contributed by atoms with Crippen LogP contribution in [-0.2, 0) is 6.42 Å². The molecule has 0 saturated carbocycles. The Bertz CT molecular complexity index is 593. The Balaban J connectivity index is 2.29. The molecule has 0 atom stereocenters. The summed E-state index contributed by atoms with van der Waals surface area (Å²) in [5.41, 5.74) is 2.72. The molecule has 5 heteroatoms. The molecule has 0 fully saturated rings. The van der Waals surface area contributed by atoms with Crippen LogP contribution in [0.2, 0.25) is 0 Å². The van der Waals surface area contributed by atoms with Gasteiger partial charge in [0.2, 0.25) is 0 Å². The predicted octanol–water partition coefficient (Wildman–Crippen LogP) is 3.85. The third-order valence-corrected chi connectivity index (χ3v) is 3.77. The van der Waals surface area contributed by atoms with Gasteiger partial charge in [0.15, 0.2) is 5.13 Å². The van der Waals surface area contributed by atoms with Crippen LogP contribution in [-0.4, -0.2) is 16.1 Å². The summed E-state index contributed by atoms with van der Waals surface area (Å²) in [6.07, 6.45) is 1.57. The Morgan fingerprint density at radius 2 is 2.16 bits per heavy atom. The van der Waals surface area contributed by atoms with Crippen LogP contribution in [0.25, 0.3) is 0 Å². The molecule has 4 nitrogen and oxygen atoms in total. The molecule has 2 aromatic rings. The lowest BCUT2D eigenvalue weighted by Crippen LogP contribution is -1.98. The number of nitrogens with one attached hydrogen (secondary N) is 1. The van der Waals surface area contributed by atoms with Crippen molar-refractivity contribution in [3.8, 4) is 0 Å². The zero-order valence-electron chi connectivity index (χ0n) is 10.9. The van der Waals surface area contributed by atoms with Gasteiger partial charge < -0.3 is 10.4 Å². The van der Waals surface area contributed by atoms with Gasteiger partial charge in [-0.3, -0.25) is 0 Å². The van der Waals surface area contributed by atoms with Crippen LogP contribution in [0.4, 0.5) is 10.8 Å². The largest absolute Gasteiger partial charge is 0.477 e. The molecule has 2 rings (SSSR count). The average molecular weight is 276 g/mol. The number of nitrogens with zero attached hydrogens (tertiary/aromatic N) is 1. The van der Waals surface area contributed by atoms with Crippen LogP contribution >= 0.6 is 11.3 Å². The first-order valence-corrected chi connectivity index (χ1v) is 6.99. The number of para-hydroxylation sites is 1. The number of benzene rings is 1. The lowest BCUT2D eigenvalue weighted by Gasteiger charge is -2.05. The average Bonchev–Trinajstić information content (AvgIpc) is 2.76. The summed E-state index contributed by atoms with van der Waals surface area (Å²) in [5.74, 6) is -0.904. The fraction of sp³-hybridized carbons (Fsp3) is 0.286. The predicted molar refractivity (Wildman–Crippen MR) is 77.5 cm³/mol. The first-order chi connectivity index (χ1) is 9.11. The summed E-state index contributed by atoms with van der Waals surface area (Å²) >= 11 is 1.19. The highest BCUT2D eigenvalue weighted by atomic mass is 32.1. The summed E-state index contributed by atoms with van der Waals surface area (Å²) in [7, 11) is 0. The smallest absolute Gasteiger partial charge is 0.347 e. The van der Waals surface area contributed by atoms with Crippen molar-refractivity contribution in [1.82, 2.24) is 4.98 Å². The molecule has 1 aromatic heterocycles. The van der Waals surface area contributed by atoms with E-state index in [0.29, 0.717) is 22.1 Å². The van der Waals surface area contributed by atoms with Gasteiger partial charge in [-0.05, 0) is 25.0 Å². The zero-order chi connectivity index (χ0) is 13.8. The number of aromatic carboxylic acids is 1. The van der Waals surface area contributed by atoms with Gasteiger partial charge in [0.05, 0.1) is 5.69 Å². The number of aryl methyl sites for hydroxylation is 2. The first kappa shape index (κ1) is 13.5. The van der Waals surface area contributed by atoms with E-state index in [1.54, 1.807) is 0 Å². The summed E-state index contributed by atoms with van der Waals surface area (Å²) in [6, 6.07) is 7.86. The van der Waals surface area contributed by atoms with Crippen molar-refractivity contribution in [2.24, 2.45) is 0 Å². The van der Waals surface area contributed by atoms with E-state index in [1.807, 2.05) is 38.1 Å². The van der Waals surface area contributed by atoms with Crippen LogP contribution in [0, 0.1) is 6.92 Å². The minimum absolute atomic E-state index is 0.331. The van der Waals surface area contributed by atoms with E-state index >= 15 is 0 Å². The van der Waals surface area contributed by atoms with Crippen molar-refractivity contribution in [3.63, 3.8) is 0 Å². The van der Waals surface area contributed by atoms with E-state index in [9.17, 15) is 4.79 Å². The van der Waals surface area contributed by atoms with Crippen LogP contribution in [0.5, 0.6) is 0 Å². The minimum Gasteiger partial charge on any atom is -0.477 e. The summed E-state index contributed by atoms with van der Waals surface area (Å²) in [6.45, 7) is 4.01. The van der Waals surface area contributed by atoms with Crippen molar-refractivity contribution in [2.75, 3.05) is 5.32 Å². The van der Waals surface area contributed by atoms with Gasteiger partial charge in [0.25, 0.3) is 0 Å². The molecule has 0 aliphatic heterocycles. The molecule has 0 bridgehead atoms. The molecule has 0 aliphatic carbocycles. The van der Waals surface area contributed by atoms with Gasteiger partial charge in [0.1, 0.15) is 4.88 Å². The maximum atomic E-state index is 11.2. The van der Waals surface area contributed by atoms with E-state index in [1.165, 1.54) is 11.3 Å². The lowest BCUT2D eigenvalue weighted by atomic mass is 10.2. The highest BCUT2D eigenvalue weighted by molar-refractivity contribution is 7.17. The molecule has 0 saturated heterocycles. The van der Waals surface area contributed by atoms with E-state index in [-0.39, 0.29) is 0 Å². The maximum absolute atomic E-state index is 11.2. The fourth-order valence-corrected chi connectivity index (χ4v) is 2.67. The van der Waals surface area contributed by atoms with Crippen molar-refractivity contribution in [2.45, 2.75) is 26.7 Å². The molecule has 100 valence electrons. The minimum atomic E-state index is -0.904. The summed E-state index contributed by atoms with van der Waals surface area (Å²) in [4.78, 5) is 15.9. The molecule has 2 N–H and O–H groups in total. The Morgan fingerprint density at radius 3 is 2.79 bits per heavy atom. The van der Waals surface area contributed by atoms with Gasteiger partial charge in [0, 0.05) is 5.69 Å². The van der Waals surface area contributed by atoms with Gasteiger partial charge in [-0.1, -0.05) is 42.9 Å². The normalized spacial score (nSPS) is 10.4. The molecule has 1 aromatic carbocycles. The molecule has 0 aliphatic rings. The zero-order valence-corrected chi connectivity index (χ0v) is 11.8. The van der Waals surface area contributed by atoms with E-state index in [4.69, 9.17) is 5.11 Å². The van der Waals surface area contributed by atoms with Crippen LogP contribution in [0.1, 0.15) is 34.3 Å². The molecule has 1 heterocycles. The number of carbonyl (C=O) groups is 1. The molecule has 0 amide bonds. The molecular weight excluding hydrogens is 260 g/mol. The number of carboxylic acids is 1. The van der Waals surface area contributed by atoms with Crippen molar-refractivity contribution < 1.29 is 9.90 Å². The standard InChI is InChI=1S/C14H16N2O2S/c1-3-6-11-12(13(17)18)19-14(16-11)15-10-8-5-4-7-9(10)2/h4-5,7-8H,3,6H2,1-2H3,(H,15,16)(H,17,18). The second kappa shape index (κ2) is 5.84. The monoisotopic (exact) mass is 276 g/mol. The number of hydrogen-bond acceptors (Lipinski definition) is 4. The molecule has 0 unspecified atom stereocenters. The first-order valence-electron chi connectivity index (χ1n) is 6.17. The molecular formula is C14H16N2O2S. The van der Waals surface area contributed by atoms with Crippen molar-refractivity contribution in [1.29, 1.82) is 0 Å². The number of thiazole rings is 1. The van der Waals surface area contributed by atoms with Crippen LogP contribution < -0.4 is 5.32 Å². The van der Waals surface area contributed by atoms with Crippen LogP contribution in [0.3, 0.4) is 0 Å². The summed E-state index contributed by atoms with van der Waals surface area (Å²) in [5, 5.41) is 13.0. The number of anilines is 2. The molecule has 0 radical (unpaired) electrons. The SMILES string of the molecule is CCCc1nc(Nc2ccccc2C)sc1C(=O)O. The highest BCUT2D eigenvalue weighted by Gasteiger charge is 2.16. The van der Waals surface area contributed by atoms with Gasteiger partial charge in [-0.15, -0.1) is 0 Å². The van der Waals surface area contributed by atoms with Crippen molar-refractivity contribution >= 4 is 28.1 Å². The second-order valence-corrected chi connectivity index (χ2v) is 5.29. The van der Waals surface area contributed by atoms with E-state index in [2.05, 4.69) is 10.3 Å². The van der Waals surface area contributed by atoms with Crippen molar-refractivity contribution in [3.05, 3.63) is 40.4 Å². The second-order valence-electron chi connectivity index (χ2n) is 4.29. The quantitative estimate of drug-likeness (QED) is 0.870. The highest BCUT2D eigenvalue weighted by Crippen LogP contribution is 2.28. The Morgan fingerprint density at radius 1 is 1.42 bits per heavy atom. The number of carboxylic acid groups (broad SMARTS) is 1. The Kier molecular flexibility index (Phi) is 4.16. The van der Waals surface area contributed by atoms with E-state index < -0.39 is 5.97 Å². The topological polar surface area (TPSA) is 62.2 Å².